The zero-order valence-electron chi connectivity index (χ0n) is 10.6. The number of carbonyl (C=O) groups excluding carboxylic acids is 1. The topological polar surface area (TPSA) is 17.1 Å². The van der Waals surface area contributed by atoms with Crippen LogP contribution in [-0.4, -0.2) is 6.29 Å². The first-order valence-electron chi connectivity index (χ1n) is 6.36. The summed E-state index contributed by atoms with van der Waals surface area (Å²) in [7, 11) is 0. The van der Waals surface area contributed by atoms with Crippen LogP contribution in [0.3, 0.4) is 0 Å². The molecular weight excluding hydrogens is 196 g/mol. The second kappa shape index (κ2) is 4.20. The molecule has 3 atom stereocenters. The van der Waals surface area contributed by atoms with Crippen molar-refractivity contribution in [3.63, 3.8) is 0 Å². The van der Waals surface area contributed by atoms with Crippen molar-refractivity contribution < 1.29 is 4.79 Å². The molecule has 2 bridgehead atoms. The molecule has 0 spiro atoms. The number of hydrogen-bond acceptors (Lipinski definition) is 1. The standard InChI is InChI=1S/C15H22O/c1-11(10-16)5-4-8-15(3)13-7-6-12(2)14(15)9-13/h5-6,10,13-14H,4,7-9H2,1-3H3/b11-5+/t13-,14-,15+/m0/s1. The van der Waals surface area contributed by atoms with Crippen molar-refractivity contribution in [3.05, 3.63) is 23.3 Å². The van der Waals surface area contributed by atoms with Crippen molar-refractivity contribution in [2.45, 2.75) is 46.5 Å². The quantitative estimate of drug-likeness (QED) is 0.397. The largest absolute Gasteiger partial charge is 0.298 e. The molecule has 16 heavy (non-hydrogen) atoms. The smallest absolute Gasteiger partial charge is 0.145 e. The van der Waals surface area contributed by atoms with Gasteiger partial charge in [0.05, 0.1) is 0 Å². The summed E-state index contributed by atoms with van der Waals surface area (Å²) in [6, 6.07) is 0. The van der Waals surface area contributed by atoms with Gasteiger partial charge in [-0.05, 0) is 62.4 Å². The fourth-order valence-electron chi connectivity index (χ4n) is 3.53. The van der Waals surface area contributed by atoms with Crippen LogP contribution in [0.4, 0.5) is 0 Å². The first kappa shape index (κ1) is 11.6. The Labute approximate surface area is 98.6 Å². The molecule has 0 radical (unpaired) electrons. The zero-order chi connectivity index (χ0) is 11.8. The van der Waals surface area contributed by atoms with Gasteiger partial charge in [-0.1, -0.05) is 24.6 Å². The first-order valence-corrected chi connectivity index (χ1v) is 6.36. The van der Waals surface area contributed by atoms with Gasteiger partial charge in [-0.2, -0.15) is 0 Å². The molecule has 1 nitrogen and oxygen atoms in total. The van der Waals surface area contributed by atoms with Crippen LogP contribution in [0.2, 0.25) is 0 Å². The van der Waals surface area contributed by atoms with Crippen LogP contribution < -0.4 is 0 Å². The van der Waals surface area contributed by atoms with Crippen LogP contribution in [0, 0.1) is 17.3 Å². The van der Waals surface area contributed by atoms with Crippen molar-refractivity contribution in [2.75, 3.05) is 0 Å². The third kappa shape index (κ3) is 1.77. The molecule has 0 heterocycles. The number of hydrogen-bond donors (Lipinski definition) is 0. The summed E-state index contributed by atoms with van der Waals surface area (Å²) in [6.07, 6.45) is 10.4. The number of carbonyl (C=O) groups is 1. The summed E-state index contributed by atoms with van der Waals surface area (Å²) in [4.78, 5) is 10.5. The summed E-state index contributed by atoms with van der Waals surface area (Å²) < 4.78 is 0. The highest BCUT2D eigenvalue weighted by atomic mass is 16.1. The molecule has 88 valence electrons. The van der Waals surface area contributed by atoms with Crippen LogP contribution in [0.1, 0.15) is 46.5 Å². The van der Waals surface area contributed by atoms with Gasteiger partial charge in [-0.15, -0.1) is 0 Å². The van der Waals surface area contributed by atoms with Crippen molar-refractivity contribution in [1.29, 1.82) is 0 Å². The number of allylic oxidation sites excluding steroid dienone is 4. The lowest BCUT2D eigenvalue weighted by atomic mass is 9.47. The highest BCUT2D eigenvalue weighted by molar-refractivity contribution is 5.71. The molecule has 1 saturated carbocycles. The minimum Gasteiger partial charge on any atom is -0.298 e. The Morgan fingerprint density at radius 1 is 1.62 bits per heavy atom. The molecule has 0 unspecified atom stereocenters. The lowest BCUT2D eigenvalue weighted by molar-refractivity contribution is -0.104. The Balaban J connectivity index is 1.96. The van der Waals surface area contributed by atoms with Crippen LogP contribution in [0.25, 0.3) is 0 Å². The molecule has 1 fully saturated rings. The molecular formula is C15H22O. The SMILES string of the molecule is CC1=CC[C@H]2C[C@@H]1[C@]2(C)CC/C=C(\C)C=O. The van der Waals surface area contributed by atoms with E-state index in [9.17, 15) is 4.79 Å². The van der Waals surface area contributed by atoms with E-state index in [4.69, 9.17) is 0 Å². The molecule has 1 heteroatoms. The van der Waals surface area contributed by atoms with E-state index in [0.29, 0.717) is 5.41 Å². The molecule has 3 aliphatic rings. The summed E-state index contributed by atoms with van der Waals surface area (Å²) in [5, 5.41) is 0. The minimum atomic E-state index is 0.512. The lowest BCUT2D eigenvalue weighted by Crippen LogP contribution is -2.49. The summed E-state index contributed by atoms with van der Waals surface area (Å²) in [5.41, 5.74) is 2.99. The summed E-state index contributed by atoms with van der Waals surface area (Å²) in [5.74, 6) is 1.71. The molecule has 0 amide bonds. The van der Waals surface area contributed by atoms with Gasteiger partial charge in [-0.3, -0.25) is 4.79 Å². The maximum Gasteiger partial charge on any atom is 0.145 e. The second-order valence-corrected chi connectivity index (χ2v) is 5.78. The van der Waals surface area contributed by atoms with Gasteiger partial charge in [0.25, 0.3) is 0 Å². The Kier molecular flexibility index (Phi) is 3.05. The molecule has 0 aromatic heterocycles. The van der Waals surface area contributed by atoms with Crippen molar-refractivity contribution in [1.82, 2.24) is 0 Å². The average molecular weight is 218 g/mol. The normalized spacial score (nSPS) is 37.7. The van der Waals surface area contributed by atoms with Gasteiger partial charge >= 0.3 is 0 Å². The Bertz CT molecular complexity index is 350. The Morgan fingerprint density at radius 2 is 2.38 bits per heavy atom. The molecule has 3 aliphatic carbocycles. The summed E-state index contributed by atoms with van der Waals surface area (Å²) >= 11 is 0. The number of fused-ring (bicyclic) bond motifs is 1. The van der Waals surface area contributed by atoms with Gasteiger partial charge in [0.15, 0.2) is 0 Å². The van der Waals surface area contributed by atoms with E-state index in [0.717, 1.165) is 30.1 Å². The monoisotopic (exact) mass is 218 g/mol. The Hall–Kier alpha value is -0.850. The van der Waals surface area contributed by atoms with Crippen LogP contribution in [0.15, 0.2) is 23.3 Å². The van der Waals surface area contributed by atoms with Crippen LogP contribution in [0.5, 0.6) is 0 Å². The summed E-state index contributed by atoms with van der Waals surface area (Å²) in [6.45, 7) is 6.61. The van der Waals surface area contributed by atoms with Gasteiger partial charge in [-0.25, -0.2) is 0 Å². The highest BCUT2D eigenvalue weighted by Crippen LogP contribution is 2.61. The molecule has 0 aromatic carbocycles. The van der Waals surface area contributed by atoms with E-state index in [1.165, 1.54) is 19.3 Å². The zero-order valence-corrected chi connectivity index (χ0v) is 10.6. The van der Waals surface area contributed by atoms with Gasteiger partial charge in [0.2, 0.25) is 0 Å². The molecule has 0 aliphatic heterocycles. The van der Waals surface area contributed by atoms with Crippen LogP contribution in [-0.2, 0) is 4.79 Å². The highest BCUT2D eigenvalue weighted by Gasteiger charge is 2.52. The number of rotatable bonds is 4. The van der Waals surface area contributed by atoms with Crippen LogP contribution >= 0.6 is 0 Å². The van der Waals surface area contributed by atoms with Crippen molar-refractivity contribution >= 4 is 6.29 Å². The third-order valence-electron chi connectivity index (χ3n) is 4.86. The second-order valence-electron chi connectivity index (χ2n) is 5.78. The van der Waals surface area contributed by atoms with E-state index in [1.807, 2.05) is 6.92 Å². The predicted octanol–water partition coefficient (Wildman–Crippen LogP) is 3.90. The fraction of sp³-hybridized carbons (Fsp3) is 0.667. The van der Waals surface area contributed by atoms with E-state index in [2.05, 4.69) is 26.0 Å². The van der Waals surface area contributed by atoms with Crippen molar-refractivity contribution in [3.8, 4) is 0 Å². The van der Waals surface area contributed by atoms with E-state index in [1.54, 1.807) is 5.57 Å². The average Bonchev–Trinajstić information content (AvgIpc) is 2.28. The fourth-order valence-corrected chi connectivity index (χ4v) is 3.53. The molecule has 0 aromatic rings. The maximum atomic E-state index is 10.5. The minimum absolute atomic E-state index is 0.512. The van der Waals surface area contributed by atoms with Crippen molar-refractivity contribution in [2.24, 2.45) is 17.3 Å². The van der Waals surface area contributed by atoms with Gasteiger partial charge in [0, 0.05) is 0 Å². The van der Waals surface area contributed by atoms with Gasteiger partial charge in [0.1, 0.15) is 6.29 Å². The predicted molar refractivity (Wildman–Crippen MR) is 67.1 cm³/mol. The number of aldehydes is 1. The maximum absolute atomic E-state index is 10.5. The van der Waals surface area contributed by atoms with E-state index in [-0.39, 0.29) is 0 Å². The lowest BCUT2D eigenvalue weighted by Gasteiger charge is -2.58. The van der Waals surface area contributed by atoms with E-state index < -0.39 is 0 Å². The Morgan fingerprint density at radius 3 is 2.94 bits per heavy atom. The molecule has 3 rings (SSSR count). The van der Waals surface area contributed by atoms with Gasteiger partial charge < -0.3 is 0 Å². The van der Waals surface area contributed by atoms with E-state index >= 15 is 0 Å². The molecule has 0 saturated heterocycles. The third-order valence-corrected chi connectivity index (χ3v) is 4.86. The molecule has 0 N–H and O–H groups in total. The first-order chi connectivity index (χ1) is 7.58.